The fourth-order valence-corrected chi connectivity index (χ4v) is 2.33. The number of ether oxygens (including phenoxy) is 1. The summed E-state index contributed by atoms with van der Waals surface area (Å²) in [4.78, 5) is 25.4. The van der Waals surface area contributed by atoms with Crippen molar-refractivity contribution in [1.82, 2.24) is 4.90 Å². The molecule has 1 atom stereocenters. The van der Waals surface area contributed by atoms with Crippen LogP contribution in [0.15, 0.2) is 24.3 Å². The van der Waals surface area contributed by atoms with Crippen molar-refractivity contribution < 1.29 is 23.8 Å². The minimum absolute atomic E-state index is 0.0207. The molecule has 1 N–H and O–H groups in total. The van der Waals surface area contributed by atoms with Crippen LogP contribution in [0.3, 0.4) is 0 Å². The maximum Gasteiger partial charge on any atom is 0.411 e. The molecule has 0 aromatic heterocycles. The molecule has 128 valence electrons. The Bertz CT molecular complexity index is 582. The van der Waals surface area contributed by atoms with Crippen molar-refractivity contribution in [2.75, 3.05) is 6.54 Å². The Hall–Kier alpha value is -2.11. The van der Waals surface area contributed by atoms with Gasteiger partial charge in [-0.2, -0.15) is 0 Å². The Balaban J connectivity index is 3.14. The van der Waals surface area contributed by atoms with Crippen molar-refractivity contribution in [2.45, 2.75) is 52.2 Å². The number of carboxylic acid groups (broad SMARTS) is 1. The second-order valence-corrected chi connectivity index (χ2v) is 6.61. The lowest BCUT2D eigenvalue weighted by Crippen LogP contribution is -2.57. The fraction of sp³-hybridized carbons (Fsp3) is 0.529. The first-order valence-corrected chi connectivity index (χ1v) is 7.48. The van der Waals surface area contributed by atoms with E-state index in [2.05, 4.69) is 0 Å². The fourth-order valence-electron chi connectivity index (χ4n) is 2.33. The average Bonchev–Trinajstić information content (AvgIpc) is 2.36. The largest absolute Gasteiger partial charge is 0.479 e. The van der Waals surface area contributed by atoms with Crippen molar-refractivity contribution in [3.63, 3.8) is 0 Å². The van der Waals surface area contributed by atoms with Crippen LogP contribution in [-0.4, -0.2) is 39.8 Å². The third-order valence-electron chi connectivity index (χ3n) is 3.42. The number of carbonyl (C=O) groups is 2. The molecule has 5 nitrogen and oxygen atoms in total. The molecule has 23 heavy (non-hydrogen) atoms. The molecule has 1 rings (SSSR count). The van der Waals surface area contributed by atoms with Crippen LogP contribution < -0.4 is 0 Å². The van der Waals surface area contributed by atoms with E-state index < -0.39 is 29.0 Å². The molecule has 0 saturated heterocycles. The Morgan fingerprint density at radius 3 is 2.30 bits per heavy atom. The van der Waals surface area contributed by atoms with Crippen LogP contribution in [0.5, 0.6) is 0 Å². The first kappa shape index (κ1) is 18.9. The zero-order chi connectivity index (χ0) is 17.8. The molecule has 0 aliphatic heterocycles. The minimum Gasteiger partial charge on any atom is -0.479 e. The predicted molar refractivity (Wildman–Crippen MR) is 84.8 cm³/mol. The lowest BCUT2D eigenvalue weighted by Gasteiger charge is -2.38. The Kier molecular flexibility index (Phi) is 5.75. The summed E-state index contributed by atoms with van der Waals surface area (Å²) in [5.74, 6) is -1.62. The van der Waals surface area contributed by atoms with Crippen molar-refractivity contribution in [3.05, 3.63) is 35.6 Å². The van der Waals surface area contributed by atoms with Crippen LogP contribution in [0, 0.1) is 5.82 Å². The smallest absolute Gasteiger partial charge is 0.411 e. The molecule has 0 saturated carbocycles. The SMILES string of the molecule is CCN(C(=O)OC(C)(C)C)C(C)(Cc1cccc(F)c1)C(=O)O. The van der Waals surface area contributed by atoms with Crippen LogP contribution >= 0.6 is 0 Å². The Morgan fingerprint density at radius 1 is 1.26 bits per heavy atom. The molecule has 0 aliphatic rings. The van der Waals surface area contributed by atoms with Gasteiger partial charge in [-0.3, -0.25) is 4.90 Å². The predicted octanol–water partition coefficient (Wildman–Crippen LogP) is 3.47. The number of rotatable bonds is 5. The monoisotopic (exact) mass is 325 g/mol. The third kappa shape index (κ3) is 4.94. The zero-order valence-corrected chi connectivity index (χ0v) is 14.2. The van der Waals surface area contributed by atoms with E-state index >= 15 is 0 Å². The number of aliphatic carboxylic acids is 1. The quantitative estimate of drug-likeness (QED) is 0.900. The van der Waals surface area contributed by atoms with E-state index in [1.165, 1.54) is 25.1 Å². The highest BCUT2D eigenvalue weighted by atomic mass is 19.1. The average molecular weight is 325 g/mol. The standard InChI is InChI=1S/C17H24FNO4/c1-6-19(15(22)23-16(2,3)4)17(5,14(20)21)11-12-8-7-9-13(18)10-12/h7-10H,6,11H2,1-5H3,(H,20,21). The number of carbonyl (C=O) groups excluding carboxylic acids is 1. The number of hydrogen-bond acceptors (Lipinski definition) is 3. The lowest BCUT2D eigenvalue weighted by molar-refractivity contribution is -0.150. The molecule has 1 aromatic carbocycles. The van der Waals surface area contributed by atoms with Crippen LogP contribution in [0.4, 0.5) is 9.18 Å². The summed E-state index contributed by atoms with van der Waals surface area (Å²) in [7, 11) is 0. The zero-order valence-electron chi connectivity index (χ0n) is 14.2. The van der Waals surface area contributed by atoms with Gasteiger partial charge in [-0.15, -0.1) is 0 Å². The van der Waals surface area contributed by atoms with Gasteiger partial charge in [0.05, 0.1) is 0 Å². The van der Waals surface area contributed by atoms with Gasteiger partial charge in [0.25, 0.3) is 0 Å². The van der Waals surface area contributed by atoms with E-state index in [1.54, 1.807) is 33.8 Å². The molecule has 1 aromatic rings. The highest BCUT2D eigenvalue weighted by Crippen LogP contribution is 2.24. The van der Waals surface area contributed by atoms with Crippen molar-refractivity contribution in [1.29, 1.82) is 0 Å². The number of benzene rings is 1. The van der Waals surface area contributed by atoms with Crippen molar-refractivity contribution >= 4 is 12.1 Å². The van der Waals surface area contributed by atoms with Gasteiger partial charge in [0, 0.05) is 13.0 Å². The molecule has 0 bridgehead atoms. The summed E-state index contributed by atoms with van der Waals surface area (Å²) in [6, 6.07) is 5.70. The summed E-state index contributed by atoms with van der Waals surface area (Å²) in [5.41, 5.74) is -1.77. The maximum atomic E-state index is 13.4. The van der Waals surface area contributed by atoms with Gasteiger partial charge in [0.15, 0.2) is 0 Å². The molecule has 0 fully saturated rings. The molecule has 1 unspecified atom stereocenters. The molecule has 0 radical (unpaired) electrons. The lowest BCUT2D eigenvalue weighted by atomic mass is 9.91. The van der Waals surface area contributed by atoms with E-state index in [9.17, 15) is 19.1 Å². The van der Waals surface area contributed by atoms with Gasteiger partial charge < -0.3 is 9.84 Å². The number of likely N-dealkylation sites (N-methyl/N-ethyl adjacent to an activating group) is 1. The second kappa shape index (κ2) is 6.98. The molecule has 6 heteroatoms. The molecular formula is C17H24FNO4. The van der Waals surface area contributed by atoms with Gasteiger partial charge in [-0.25, -0.2) is 14.0 Å². The summed E-state index contributed by atoms with van der Waals surface area (Å²) in [6.45, 7) is 8.41. The summed E-state index contributed by atoms with van der Waals surface area (Å²) in [6.07, 6.45) is -0.728. The number of hydrogen-bond donors (Lipinski definition) is 1. The number of carboxylic acids is 1. The summed E-state index contributed by atoms with van der Waals surface area (Å²) >= 11 is 0. The molecule has 0 spiro atoms. The summed E-state index contributed by atoms with van der Waals surface area (Å²) in [5, 5.41) is 9.67. The van der Waals surface area contributed by atoms with Gasteiger partial charge >= 0.3 is 12.1 Å². The van der Waals surface area contributed by atoms with Crippen molar-refractivity contribution in [3.8, 4) is 0 Å². The van der Waals surface area contributed by atoms with E-state index in [0.29, 0.717) is 5.56 Å². The van der Waals surface area contributed by atoms with Gasteiger partial charge in [-0.1, -0.05) is 12.1 Å². The van der Waals surface area contributed by atoms with E-state index in [-0.39, 0.29) is 13.0 Å². The van der Waals surface area contributed by atoms with Crippen LogP contribution in [-0.2, 0) is 16.0 Å². The first-order chi connectivity index (χ1) is 10.5. The van der Waals surface area contributed by atoms with E-state index in [1.807, 2.05) is 0 Å². The van der Waals surface area contributed by atoms with E-state index in [4.69, 9.17) is 4.74 Å². The normalized spacial score (nSPS) is 14.0. The minimum atomic E-state index is -1.54. The van der Waals surface area contributed by atoms with Crippen LogP contribution in [0.1, 0.15) is 40.2 Å². The Morgan fingerprint density at radius 2 is 1.87 bits per heavy atom. The highest BCUT2D eigenvalue weighted by molar-refractivity contribution is 5.84. The number of amides is 1. The Labute approximate surface area is 136 Å². The van der Waals surface area contributed by atoms with Gasteiger partial charge in [0.1, 0.15) is 17.0 Å². The van der Waals surface area contributed by atoms with Gasteiger partial charge in [0.2, 0.25) is 0 Å². The first-order valence-electron chi connectivity index (χ1n) is 7.48. The molecular weight excluding hydrogens is 301 g/mol. The van der Waals surface area contributed by atoms with E-state index in [0.717, 1.165) is 4.90 Å². The maximum absolute atomic E-state index is 13.4. The topological polar surface area (TPSA) is 66.8 Å². The highest BCUT2D eigenvalue weighted by Gasteiger charge is 2.43. The molecule has 1 amide bonds. The second-order valence-electron chi connectivity index (χ2n) is 6.61. The third-order valence-corrected chi connectivity index (χ3v) is 3.42. The van der Waals surface area contributed by atoms with Gasteiger partial charge in [-0.05, 0) is 52.3 Å². The van der Waals surface area contributed by atoms with Crippen molar-refractivity contribution in [2.24, 2.45) is 0 Å². The van der Waals surface area contributed by atoms with Crippen LogP contribution in [0.25, 0.3) is 0 Å². The van der Waals surface area contributed by atoms with Crippen LogP contribution in [0.2, 0.25) is 0 Å². The molecule has 0 aliphatic carbocycles. The number of nitrogens with zero attached hydrogens (tertiary/aromatic N) is 1. The number of halogens is 1. The molecule has 0 heterocycles. The summed E-state index contributed by atoms with van der Waals surface area (Å²) < 4.78 is 18.7.